The summed E-state index contributed by atoms with van der Waals surface area (Å²) in [6.07, 6.45) is 4.44. The topological polar surface area (TPSA) is 75.4 Å². The van der Waals surface area contributed by atoms with Crippen molar-refractivity contribution in [3.63, 3.8) is 0 Å². The highest BCUT2D eigenvalue weighted by Crippen LogP contribution is 2.26. The maximum atomic E-state index is 12.6. The molecule has 144 valence electrons. The van der Waals surface area contributed by atoms with Crippen LogP contribution in [0.2, 0.25) is 0 Å². The summed E-state index contributed by atoms with van der Waals surface area (Å²) in [6, 6.07) is 10.4. The summed E-state index contributed by atoms with van der Waals surface area (Å²) in [5, 5.41) is 13.4. The van der Waals surface area contributed by atoms with E-state index in [1.54, 1.807) is 6.92 Å². The summed E-state index contributed by atoms with van der Waals surface area (Å²) >= 11 is 0. The summed E-state index contributed by atoms with van der Waals surface area (Å²) in [6.45, 7) is 5.35. The molecule has 0 bridgehead atoms. The third-order valence-electron chi connectivity index (χ3n) is 5.60. The van der Waals surface area contributed by atoms with Gasteiger partial charge in [-0.3, -0.25) is 9.48 Å². The lowest BCUT2D eigenvalue weighted by molar-refractivity contribution is -0.132. The highest BCUT2D eigenvalue weighted by Gasteiger charge is 2.26. The lowest BCUT2D eigenvalue weighted by atomic mass is 9.95. The quantitative estimate of drug-likeness (QED) is 0.843. The molecule has 0 spiro atoms. The lowest BCUT2D eigenvalue weighted by Gasteiger charge is -2.33. The van der Waals surface area contributed by atoms with Gasteiger partial charge in [-0.1, -0.05) is 37.3 Å². The van der Waals surface area contributed by atoms with Crippen LogP contribution in [-0.2, 0) is 4.79 Å². The number of rotatable bonds is 6. The van der Waals surface area contributed by atoms with E-state index in [0.717, 1.165) is 19.3 Å². The zero-order valence-electron chi connectivity index (χ0n) is 16.0. The largest absolute Gasteiger partial charge is 0.478 e. The van der Waals surface area contributed by atoms with Crippen LogP contribution < -0.4 is 0 Å². The number of carboxylic acids is 1. The van der Waals surface area contributed by atoms with Crippen LogP contribution in [0.5, 0.6) is 0 Å². The fourth-order valence-corrected chi connectivity index (χ4v) is 3.81. The minimum absolute atomic E-state index is 0.158. The van der Waals surface area contributed by atoms with Gasteiger partial charge in [-0.25, -0.2) is 4.79 Å². The molecular formula is C21H27N3O3. The molecule has 6 heteroatoms. The van der Waals surface area contributed by atoms with E-state index in [0.29, 0.717) is 31.1 Å². The van der Waals surface area contributed by atoms with E-state index >= 15 is 0 Å². The van der Waals surface area contributed by atoms with Gasteiger partial charge < -0.3 is 10.0 Å². The van der Waals surface area contributed by atoms with Gasteiger partial charge in [-0.2, -0.15) is 5.10 Å². The molecule has 1 atom stereocenters. The third kappa shape index (κ3) is 4.38. The maximum Gasteiger partial charge on any atom is 0.339 e. The van der Waals surface area contributed by atoms with Gasteiger partial charge in [-0.15, -0.1) is 0 Å². The van der Waals surface area contributed by atoms with Gasteiger partial charge in [0.1, 0.15) is 5.56 Å². The molecule has 1 unspecified atom stereocenters. The second-order valence-corrected chi connectivity index (χ2v) is 7.36. The molecule has 1 saturated heterocycles. The van der Waals surface area contributed by atoms with Crippen molar-refractivity contribution in [1.82, 2.24) is 14.7 Å². The highest BCUT2D eigenvalue weighted by atomic mass is 16.4. The zero-order chi connectivity index (χ0) is 19.4. The Hall–Kier alpha value is -2.63. The lowest BCUT2D eigenvalue weighted by Crippen LogP contribution is -2.39. The standard InChI is InChI=1S/C21H27N3O3/c1-15(17-6-4-3-5-7-17)8-9-20(25)23-12-10-18(11-13-23)24-16(2)19(14-22-24)21(26)27/h3-7,14-15,18H,8-13H2,1-2H3,(H,26,27). The monoisotopic (exact) mass is 369 g/mol. The van der Waals surface area contributed by atoms with Crippen molar-refractivity contribution >= 4 is 11.9 Å². The normalized spacial score (nSPS) is 16.3. The number of aromatic nitrogens is 2. The molecule has 1 fully saturated rings. The van der Waals surface area contributed by atoms with E-state index < -0.39 is 5.97 Å². The van der Waals surface area contributed by atoms with Crippen LogP contribution in [0.4, 0.5) is 0 Å². The van der Waals surface area contributed by atoms with Crippen molar-refractivity contribution in [2.75, 3.05) is 13.1 Å². The van der Waals surface area contributed by atoms with Crippen LogP contribution >= 0.6 is 0 Å². The number of hydrogen-bond donors (Lipinski definition) is 1. The van der Waals surface area contributed by atoms with Crippen LogP contribution in [0.25, 0.3) is 0 Å². The van der Waals surface area contributed by atoms with E-state index in [1.165, 1.54) is 11.8 Å². The van der Waals surface area contributed by atoms with E-state index in [-0.39, 0.29) is 17.5 Å². The van der Waals surface area contributed by atoms with E-state index in [4.69, 9.17) is 0 Å². The summed E-state index contributed by atoms with van der Waals surface area (Å²) in [5.74, 6) is -0.368. The zero-order valence-corrected chi connectivity index (χ0v) is 16.0. The van der Waals surface area contributed by atoms with Gasteiger partial charge in [-0.05, 0) is 37.7 Å². The van der Waals surface area contributed by atoms with Gasteiger partial charge in [0.05, 0.1) is 17.9 Å². The predicted molar refractivity (Wildman–Crippen MR) is 103 cm³/mol. The second kappa shape index (κ2) is 8.37. The molecule has 0 radical (unpaired) electrons. The van der Waals surface area contributed by atoms with Gasteiger partial charge in [0, 0.05) is 19.5 Å². The van der Waals surface area contributed by atoms with Gasteiger partial charge >= 0.3 is 5.97 Å². The number of hydrogen-bond acceptors (Lipinski definition) is 3. The first-order valence-corrected chi connectivity index (χ1v) is 9.57. The Morgan fingerprint density at radius 1 is 1.22 bits per heavy atom. The number of benzene rings is 1. The van der Waals surface area contributed by atoms with E-state index in [2.05, 4.69) is 24.2 Å². The summed E-state index contributed by atoms with van der Waals surface area (Å²) in [5.41, 5.74) is 2.21. The van der Waals surface area contributed by atoms with Gasteiger partial charge in [0.15, 0.2) is 0 Å². The molecule has 1 N–H and O–H groups in total. The van der Waals surface area contributed by atoms with Gasteiger partial charge in [0.2, 0.25) is 5.91 Å². The molecule has 3 rings (SSSR count). The number of carbonyl (C=O) groups is 2. The molecule has 6 nitrogen and oxygen atoms in total. The Labute approximate surface area is 159 Å². The number of amides is 1. The van der Waals surface area contributed by atoms with Crippen LogP contribution in [0.3, 0.4) is 0 Å². The molecule has 1 aliphatic rings. The predicted octanol–water partition coefficient (Wildman–Crippen LogP) is 3.64. The minimum Gasteiger partial charge on any atom is -0.478 e. The molecule has 27 heavy (non-hydrogen) atoms. The van der Waals surface area contributed by atoms with E-state index in [9.17, 15) is 14.7 Å². The minimum atomic E-state index is -0.945. The SMILES string of the molecule is Cc1c(C(=O)O)cnn1C1CCN(C(=O)CCC(C)c2ccccc2)CC1. The first kappa shape index (κ1) is 19.1. The molecule has 0 saturated carbocycles. The summed E-state index contributed by atoms with van der Waals surface area (Å²) < 4.78 is 1.81. The Morgan fingerprint density at radius 2 is 1.89 bits per heavy atom. The molecule has 0 aliphatic carbocycles. The van der Waals surface area contributed by atoms with Gasteiger partial charge in [0.25, 0.3) is 0 Å². The number of nitrogens with zero attached hydrogens (tertiary/aromatic N) is 3. The molecule has 1 aromatic heterocycles. The van der Waals surface area contributed by atoms with Crippen molar-refractivity contribution in [1.29, 1.82) is 0 Å². The maximum absolute atomic E-state index is 12.6. The van der Waals surface area contributed by atoms with Crippen LogP contribution in [0.15, 0.2) is 36.5 Å². The van der Waals surface area contributed by atoms with Crippen LogP contribution in [-0.4, -0.2) is 44.8 Å². The van der Waals surface area contributed by atoms with Crippen molar-refractivity contribution in [3.05, 3.63) is 53.3 Å². The summed E-state index contributed by atoms with van der Waals surface area (Å²) in [7, 11) is 0. The fraction of sp³-hybridized carbons (Fsp3) is 0.476. The van der Waals surface area contributed by atoms with E-state index in [1.807, 2.05) is 27.8 Å². The smallest absolute Gasteiger partial charge is 0.339 e. The number of piperidine rings is 1. The Bertz CT molecular complexity index is 792. The number of carboxylic acid groups (broad SMARTS) is 1. The second-order valence-electron chi connectivity index (χ2n) is 7.36. The fourth-order valence-electron chi connectivity index (χ4n) is 3.81. The Balaban J connectivity index is 1.50. The summed E-state index contributed by atoms with van der Waals surface area (Å²) in [4.78, 5) is 25.7. The van der Waals surface area contributed by atoms with Crippen LogP contribution in [0, 0.1) is 6.92 Å². The number of likely N-dealkylation sites (tertiary alicyclic amines) is 1. The highest BCUT2D eigenvalue weighted by molar-refractivity contribution is 5.88. The molecule has 1 aliphatic heterocycles. The molecule has 1 aromatic carbocycles. The van der Waals surface area contributed by atoms with Crippen molar-refractivity contribution < 1.29 is 14.7 Å². The molecule has 2 heterocycles. The molecule has 2 aromatic rings. The third-order valence-corrected chi connectivity index (χ3v) is 5.60. The van der Waals surface area contributed by atoms with Crippen molar-refractivity contribution in [3.8, 4) is 0 Å². The molecular weight excluding hydrogens is 342 g/mol. The van der Waals surface area contributed by atoms with Crippen LogP contribution in [0.1, 0.15) is 66.2 Å². The van der Waals surface area contributed by atoms with Crippen molar-refractivity contribution in [2.24, 2.45) is 0 Å². The van der Waals surface area contributed by atoms with Crippen molar-refractivity contribution in [2.45, 2.75) is 51.5 Å². The Morgan fingerprint density at radius 3 is 2.48 bits per heavy atom. The number of aromatic carboxylic acids is 1. The first-order chi connectivity index (χ1) is 13.0. The Kier molecular flexibility index (Phi) is 5.94. The average molecular weight is 369 g/mol. The average Bonchev–Trinajstić information content (AvgIpc) is 3.08. The molecule has 1 amide bonds. The first-order valence-electron chi connectivity index (χ1n) is 9.57. The number of carbonyl (C=O) groups excluding carboxylic acids is 1.